The van der Waals surface area contributed by atoms with Crippen molar-refractivity contribution in [2.75, 3.05) is 13.1 Å². The third-order valence-corrected chi connectivity index (χ3v) is 6.71. The minimum atomic E-state index is -0.394. The monoisotopic (exact) mass is 534 g/mol. The standard InChI is InChI=1S/C33H27FN2O4/c1-2-17-35(33(39)26-14-13-24-7-3-4-8-25(24)18-26)21-31(37)36(19-23-11-15-28(34)16-12-23)20-27-22-40-30-10-6-5-9-29(30)32(27)38/h2-16,18,22H,1,17,19-21H2. The lowest BCUT2D eigenvalue weighted by molar-refractivity contribution is -0.133. The second-order valence-electron chi connectivity index (χ2n) is 9.50. The third kappa shape index (κ3) is 5.83. The fraction of sp³-hybridized carbons (Fsp3) is 0.121. The summed E-state index contributed by atoms with van der Waals surface area (Å²) >= 11 is 0. The Kier molecular flexibility index (Phi) is 7.82. The number of fused-ring (bicyclic) bond motifs is 2. The first-order valence-corrected chi connectivity index (χ1v) is 12.8. The van der Waals surface area contributed by atoms with Crippen LogP contribution in [0.3, 0.4) is 0 Å². The molecule has 40 heavy (non-hydrogen) atoms. The number of hydrogen-bond acceptors (Lipinski definition) is 4. The van der Waals surface area contributed by atoms with Crippen molar-refractivity contribution in [2.24, 2.45) is 0 Å². The largest absolute Gasteiger partial charge is 0.464 e. The first-order chi connectivity index (χ1) is 19.4. The van der Waals surface area contributed by atoms with E-state index in [2.05, 4.69) is 6.58 Å². The maximum atomic E-state index is 13.7. The molecule has 2 amide bonds. The molecule has 7 heteroatoms. The van der Waals surface area contributed by atoms with Crippen LogP contribution in [0.15, 0.2) is 119 Å². The SMILES string of the molecule is C=CCN(CC(=O)N(Cc1ccc(F)cc1)Cc1coc2ccccc2c1=O)C(=O)c1ccc2ccccc2c1. The van der Waals surface area contributed by atoms with Crippen LogP contribution in [0.2, 0.25) is 0 Å². The Hall–Kier alpha value is -5.04. The molecule has 6 nitrogen and oxygen atoms in total. The summed E-state index contributed by atoms with van der Waals surface area (Å²) < 4.78 is 19.2. The van der Waals surface area contributed by atoms with E-state index in [1.165, 1.54) is 28.2 Å². The van der Waals surface area contributed by atoms with Crippen molar-refractivity contribution in [1.82, 2.24) is 9.80 Å². The van der Waals surface area contributed by atoms with Gasteiger partial charge < -0.3 is 14.2 Å². The van der Waals surface area contributed by atoms with E-state index in [9.17, 15) is 18.8 Å². The molecule has 0 radical (unpaired) electrons. The van der Waals surface area contributed by atoms with Gasteiger partial charge in [-0.15, -0.1) is 6.58 Å². The first kappa shape index (κ1) is 26.6. The first-order valence-electron chi connectivity index (χ1n) is 12.8. The van der Waals surface area contributed by atoms with E-state index in [1.54, 1.807) is 54.6 Å². The molecule has 0 bridgehead atoms. The summed E-state index contributed by atoms with van der Waals surface area (Å²) in [6, 6.07) is 25.8. The molecule has 0 atom stereocenters. The Labute approximate surface area is 230 Å². The molecule has 0 fully saturated rings. The van der Waals surface area contributed by atoms with Crippen molar-refractivity contribution in [2.45, 2.75) is 13.1 Å². The molecule has 0 aliphatic rings. The summed E-state index contributed by atoms with van der Waals surface area (Å²) in [6.07, 6.45) is 2.92. The van der Waals surface area contributed by atoms with Gasteiger partial charge in [-0.3, -0.25) is 14.4 Å². The van der Waals surface area contributed by atoms with Crippen LogP contribution in [0, 0.1) is 5.82 Å². The van der Waals surface area contributed by atoms with Crippen LogP contribution in [0.4, 0.5) is 4.39 Å². The summed E-state index contributed by atoms with van der Waals surface area (Å²) in [7, 11) is 0. The van der Waals surface area contributed by atoms with Crippen molar-refractivity contribution in [3.63, 3.8) is 0 Å². The molecule has 0 N–H and O–H groups in total. The lowest BCUT2D eigenvalue weighted by Crippen LogP contribution is -2.43. The Balaban J connectivity index is 1.43. The maximum absolute atomic E-state index is 13.7. The van der Waals surface area contributed by atoms with Gasteiger partial charge >= 0.3 is 0 Å². The van der Waals surface area contributed by atoms with E-state index in [4.69, 9.17) is 4.42 Å². The van der Waals surface area contributed by atoms with Crippen LogP contribution < -0.4 is 5.43 Å². The van der Waals surface area contributed by atoms with Crippen LogP contribution >= 0.6 is 0 Å². The molecule has 5 rings (SSSR count). The molecule has 0 saturated carbocycles. The molecule has 0 spiro atoms. The van der Waals surface area contributed by atoms with Crippen LogP contribution in [-0.2, 0) is 17.9 Å². The molecule has 1 aromatic heterocycles. The number of para-hydroxylation sites is 1. The summed E-state index contributed by atoms with van der Waals surface area (Å²) in [6.45, 7) is 3.73. The van der Waals surface area contributed by atoms with Gasteiger partial charge in [-0.05, 0) is 52.7 Å². The lowest BCUT2D eigenvalue weighted by atomic mass is 10.1. The highest BCUT2D eigenvalue weighted by Gasteiger charge is 2.23. The lowest BCUT2D eigenvalue weighted by Gasteiger charge is -2.27. The van der Waals surface area contributed by atoms with Crippen molar-refractivity contribution in [1.29, 1.82) is 0 Å². The summed E-state index contributed by atoms with van der Waals surface area (Å²) in [5, 5.41) is 2.33. The molecule has 4 aromatic carbocycles. The predicted molar refractivity (Wildman–Crippen MR) is 153 cm³/mol. The Morgan fingerprint density at radius 1 is 0.850 bits per heavy atom. The quantitative estimate of drug-likeness (QED) is 0.219. The molecular weight excluding hydrogens is 507 g/mol. The predicted octanol–water partition coefficient (Wildman–Crippen LogP) is 5.94. The van der Waals surface area contributed by atoms with E-state index in [-0.39, 0.29) is 43.4 Å². The highest BCUT2D eigenvalue weighted by molar-refractivity contribution is 6.00. The second-order valence-corrected chi connectivity index (χ2v) is 9.50. The zero-order valence-corrected chi connectivity index (χ0v) is 21.8. The molecule has 0 aliphatic carbocycles. The third-order valence-electron chi connectivity index (χ3n) is 6.71. The number of hydrogen-bond donors (Lipinski definition) is 0. The van der Waals surface area contributed by atoms with Gasteiger partial charge in [-0.2, -0.15) is 0 Å². The smallest absolute Gasteiger partial charge is 0.254 e. The Bertz CT molecular complexity index is 1760. The number of benzene rings is 4. The van der Waals surface area contributed by atoms with Crippen molar-refractivity contribution in [3.05, 3.63) is 143 Å². The number of nitrogens with zero attached hydrogens (tertiary/aromatic N) is 2. The number of amides is 2. The van der Waals surface area contributed by atoms with Gasteiger partial charge in [0.15, 0.2) is 5.43 Å². The fourth-order valence-corrected chi connectivity index (χ4v) is 4.62. The van der Waals surface area contributed by atoms with Crippen molar-refractivity contribution < 1.29 is 18.4 Å². The van der Waals surface area contributed by atoms with Crippen molar-refractivity contribution in [3.8, 4) is 0 Å². The van der Waals surface area contributed by atoms with Crippen LogP contribution in [0.1, 0.15) is 21.5 Å². The van der Waals surface area contributed by atoms with Gasteiger partial charge in [0.25, 0.3) is 5.91 Å². The zero-order chi connectivity index (χ0) is 28.1. The number of carbonyl (C=O) groups excluding carboxylic acids is 2. The van der Waals surface area contributed by atoms with Crippen LogP contribution in [0.5, 0.6) is 0 Å². The molecule has 0 unspecified atom stereocenters. The van der Waals surface area contributed by atoms with Crippen molar-refractivity contribution >= 4 is 33.6 Å². The van der Waals surface area contributed by atoms with E-state index in [0.29, 0.717) is 27.7 Å². The Morgan fingerprint density at radius 3 is 2.35 bits per heavy atom. The minimum absolute atomic E-state index is 0.0462. The summed E-state index contributed by atoms with van der Waals surface area (Å²) in [5.74, 6) is -1.09. The topological polar surface area (TPSA) is 70.8 Å². The van der Waals surface area contributed by atoms with Gasteiger partial charge in [-0.25, -0.2) is 4.39 Å². The molecule has 5 aromatic rings. The van der Waals surface area contributed by atoms with E-state index in [1.807, 2.05) is 30.3 Å². The average molecular weight is 535 g/mol. The van der Waals surface area contributed by atoms with Gasteiger partial charge in [0, 0.05) is 18.7 Å². The normalized spacial score (nSPS) is 10.9. The Morgan fingerprint density at radius 2 is 1.57 bits per heavy atom. The van der Waals surface area contributed by atoms with E-state index >= 15 is 0 Å². The summed E-state index contributed by atoms with van der Waals surface area (Å²) in [5.41, 5.74) is 1.63. The zero-order valence-electron chi connectivity index (χ0n) is 21.8. The number of carbonyl (C=O) groups is 2. The second kappa shape index (κ2) is 11.8. The van der Waals surface area contributed by atoms with Gasteiger partial charge in [-0.1, -0.05) is 60.7 Å². The van der Waals surface area contributed by atoms with E-state index in [0.717, 1.165) is 10.8 Å². The number of rotatable bonds is 9. The van der Waals surface area contributed by atoms with Gasteiger partial charge in [0.1, 0.15) is 17.9 Å². The molecular formula is C33H27FN2O4. The highest BCUT2D eigenvalue weighted by atomic mass is 19.1. The fourth-order valence-electron chi connectivity index (χ4n) is 4.62. The average Bonchev–Trinajstić information content (AvgIpc) is 2.98. The molecule has 200 valence electrons. The maximum Gasteiger partial charge on any atom is 0.254 e. The van der Waals surface area contributed by atoms with Gasteiger partial charge in [0.2, 0.25) is 5.91 Å². The summed E-state index contributed by atoms with van der Waals surface area (Å²) in [4.78, 5) is 43.3. The number of halogens is 1. The van der Waals surface area contributed by atoms with Crippen LogP contribution in [-0.4, -0.2) is 34.7 Å². The highest BCUT2D eigenvalue weighted by Crippen LogP contribution is 2.18. The van der Waals surface area contributed by atoms with E-state index < -0.39 is 5.82 Å². The minimum Gasteiger partial charge on any atom is -0.464 e. The molecule has 0 aliphatic heterocycles. The molecule has 1 heterocycles. The molecule has 0 saturated heterocycles. The van der Waals surface area contributed by atoms with Crippen LogP contribution in [0.25, 0.3) is 21.7 Å². The van der Waals surface area contributed by atoms with Gasteiger partial charge in [0.05, 0.1) is 23.8 Å².